The molecule has 2 atom stereocenters. The Balaban J connectivity index is 1.96. The van der Waals surface area contributed by atoms with E-state index in [1.807, 2.05) is 6.33 Å². The molecule has 112 valence electrons. The van der Waals surface area contributed by atoms with Gasteiger partial charge in [-0.3, -0.25) is 0 Å². The first kappa shape index (κ1) is 14.8. The topological polar surface area (TPSA) is 29.9 Å². The second-order valence-corrected chi connectivity index (χ2v) is 7.00. The highest BCUT2D eigenvalue weighted by molar-refractivity contribution is 9.10. The monoisotopic (exact) mass is 347 g/mol. The molecule has 0 saturated carbocycles. The van der Waals surface area contributed by atoms with Gasteiger partial charge in [-0.2, -0.15) is 0 Å². The van der Waals surface area contributed by atoms with E-state index in [1.54, 1.807) is 0 Å². The van der Waals surface area contributed by atoms with Gasteiger partial charge in [0.15, 0.2) is 0 Å². The third-order valence-electron chi connectivity index (χ3n) is 4.39. The number of rotatable bonds is 3. The second-order valence-electron chi connectivity index (χ2n) is 6.08. The summed E-state index contributed by atoms with van der Waals surface area (Å²) in [5.74, 6) is 1.04. The molecule has 3 rings (SSSR count). The SMILES string of the molecule is CC(C)n1cncc1C1CCNCC1c1cccc(Br)c1. The van der Waals surface area contributed by atoms with Crippen LogP contribution < -0.4 is 5.32 Å². The van der Waals surface area contributed by atoms with Crippen LogP contribution in [0.3, 0.4) is 0 Å². The van der Waals surface area contributed by atoms with Gasteiger partial charge in [0.05, 0.1) is 6.33 Å². The van der Waals surface area contributed by atoms with E-state index in [2.05, 4.69) is 75.1 Å². The van der Waals surface area contributed by atoms with Gasteiger partial charge in [-0.25, -0.2) is 4.98 Å². The Morgan fingerprint density at radius 3 is 2.95 bits per heavy atom. The number of halogens is 1. The Morgan fingerprint density at radius 1 is 1.33 bits per heavy atom. The molecule has 1 N–H and O–H groups in total. The minimum atomic E-state index is 0.459. The van der Waals surface area contributed by atoms with Gasteiger partial charge in [0.2, 0.25) is 0 Å². The van der Waals surface area contributed by atoms with Crippen LogP contribution in [0, 0.1) is 0 Å². The number of imidazole rings is 1. The largest absolute Gasteiger partial charge is 0.332 e. The van der Waals surface area contributed by atoms with Crippen LogP contribution >= 0.6 is 15.9 Å². The summed E-state index contributed by atoms with van der Waals surface area (Å²) < 4.78 is 3.47. The molecule has 1 aliphatic heterocycles. The first-order valence-corrected chi connectivity index (χ1v) is 8.44. The number of benzene rings is 1. The summed E-state index contributed by atoms with van der Waals surface area (Å²) in [4.78, 5) is 4.40. The van der Waals surface area contributed by atoms with Gasteiger partial charge in [-0.15, -0.1) is 0 Å². The molecule has 2 aromatic rings. The Labute approximate surface area is 134 Å². The second kappa shape index (κ2) is 6.32. The number of piperidine rings is 1. The Hall–Kier alpha value is -1.13. The third kappa shape index (κ3) is 3.06. The summed E-state index contributed by atoms with van der Waals surface area (Å²) in [6, 6.07) is 9.17. The van der Waals surface area contributed by atoms with Crippen LogP contribution in [0.15, 0.2) is 41.3 Å². The fraction of sp³-hybridized carbons (Fsp3) is 0.471. The minimum Gasteiger partial charge on any atom is -0.332 e. The molecule has 0 radical (unpaired) electrons. The van der Waals surface area contributed by atoms with Crippen LogP contribution in [0.2, 0.25) is 0 Å². The maximum Gasteiger partial charge on any atom is 0.0950 e. The molecule has 2 heterocycles. The normalized spacial score (nSPS) is 22.7. The van der Waals surface area contributed by atoms with Gasteiger partial charge in [0.25, 0.3) is 0 Å². The maximum absolute atomic E-state index is 4.40. The predicted octanol–water partition coefficient (Wildman–Crippen LogP) is 4.09. The molecule has 21 heavy (non-hydrogen) atoms. The molecule has 1 aliphatic rings. The zero-order valence-corrected chi connectivity index (χ0v) is 14.2. The van der Waals surface area contributed by atoms with E-state index in [9.17, 15) is 0 Å². The van der Waals surface area contributed by atoms with Gasteiger partial charge in [0, 0.05) is 40.8 Å². The number of hydrogen-bond donors (Lipinski definition) is 1. The third-order valence-corrected chi connectivity index (χ3v) is 4.88. The summed E-state index contributed by atoms with van der Waals surface area (Å²) in [7, 11) is 0. The molecule has 0 spiro atoms. The van der Waals surface area contributed by atoms with Crippen molar-refractivity contribution in [2.45, 2.75) is 38.1 Å². The highest BCUT2D eigenvalue weighted by Crippen LogP contribution is 2.38. The first-order valence-electron chi connectivity index (χ1n) is 7.64. The average Bonchev–Trinajstić information content (AvgIpc) is 2.97. The Morgan fingerprint density at radius 2 is 2.19 bits per heavy atom. The van der Waals surface area contributed by atoms with Crippen LogP contribution in [0.5, 0.6) is 0 Å². The van der Waals surface area contributed by atoms with E-state index in [0.29, 0.717) is 17.9 Å². The molecule has 0 bridgehead atoms. The predicted molar refractivity (Wildman–Crippen MR) is 89.7 cm³/mol. The Kier molecular flexibility index (Phi) is 4.45. The van der Waals surface area contributed by atoms with Crippen LogP contribution in [0.4, 0.5) is 0 Å². The van der Waals surface area contributed by atoms with Crippen molar-refractivity contribution in [2.75, 3.05) is 13.1 Å². The lowest BCUT2D eigenvalue weighted by Gasteiger charge is -2.33. The van der Waals surface area contributed by atoms with Gasteiger partial charge >= 0.3 is 0 Å². The molecule has 0 aliphatic carbocycles. The molecule has 1 aromatic heterocycles. The van der Waals surface area contributed by atoms with E-state index < -0.39 is 0 Å². The van der Waals surface area contributed by atoms with E-state index in [0.717, 1.165) is 24.0 Å². The van der Waals surface area contributed by atoms with Crippen molar-refractivity contribution in [3.05, 3.63) is 52.5 Å². The molecule has 1 fully saturated rings. The van der Waals surface area contributed by atoms with E-state index in [1.165, 1.54) is 11.3 Å². The summed E-state index contributed by atoms with van der Waals surface area (Å²) in [5.41, 5.74) is 2.77. The molecule has 4 heteroatoms. The fourth-order valence-electron chi connectivity index (χ4n) is 3.33. The van der Waals surface area contributed by atoms with Crippen LogP contribution in [0.25, 0.3) is 0 Å². The van der Waals surface area contributed by atoms with Crippen molar-refractivity contribution >= 4 is 15.9 Å². The minimum absolute atomic E-state index is 0.459. The van der Waals surface area contributed by atoms with E-state index in [4.69, 9.17) is 0 Å². The molecule has 0 amide bonds. The maximum atomic E-state index is 4.40. The van der Waals surface area contributed by atoms with Crippen molar-refractivity contribution < 1.29 is 0 Å². The van der Waals surface area contributed by atoms with Crippen LogP contribution in [-0.4, -0.2) is 22.6 Å². The van der Waals surface area contributed by atoms with Crippen molar-refractivity contribution in [1.82, 2.24) is 14.9 Å². The highest BCUT2D eigenvalue weighted by Gasteiger charge is 2.30. The lowest BCUT2D eigenvalue weighted by Crippen LogP contribution is -2.35. The average molecular weight is 348 g/mol. The molecule has 1 aromatic carbocycles. The standard InChI is InChI=1S/C17H22BrN3/c1-12(2)21-11-20-10-17(21)15-6-7-19-9-16(15)13-4-3-5-14(18)8-13/h3-5,8,10-12,15-16,19H,6-7,9H2,1-2H3. The molecule has 3 nitrogen and oxygen atoms in total. The molecular weight excluding hydrogens is 326 g/mol. The first-order chi connectivity index (χ1) is 10.2. The van der Waals surface area contributed by atoms with Crippen LogP contribution in [0.1, 0.15) is 49.4 Å². The number of nitrogens with zero attached hydrogens (tertiary/aromatic N) is 2. The smallest absolute Gasteiger partial charge is 0.0950 e. The molecular formula is C17H22BrN3. The van der Waals surface area contributed by atoms with Gasteiger partial charge < -0.3 is 9.88 Å². The quantitative estimate of drug-likeness (QED) is 0.906. The van der Waals surface area contributed by atoms with Crippen molar-refractivity contribution in [2.24, 2.45) is 0 Å². The fourth-order valence-corrected chi connectivity index (χ4v) is 3.75. The summed E-state index contributed by atoms with van der Waals surface area (Å²) >= 11 is 3.60. The zero-order valence-electron chi connectivity index (χ0n) is 12.6. The summed E-state index contributed by atoms with van der Waals surface area (Å²) in [5, 5.41) is 3.55. The van der Waals surface area contributed by atoms with Crippen molar-refractivity contribution in [3.8, 4) is 0 Å². The van der Waals surface area contributed by atoms with Gasteiger partial charge in [-0.1, -0.05) is 28.1 Å². The number of nitrogens with one attached hydrogen (secondary N) is 1. The molecule has 1 saturated heterocycles. The highest BCUT2D eigenvalue weighted by atomic mass is 79.9. The number of aromatic nitrogens is 2. The number of hydrogen-bond acceptors (Lipinski definition) is 2. The van der Waals surface area contributed by atoms with Crippen LogP contribution in [-0.2, 0) is 0 Å². The van der Waals surface area contributed by atoms with Crippen molar-refractivity contribution in [1.29, 1.82) is 0 Å². The van der Waals surface area contributed by atoms with Crippen molar-refractivity contribution in [3.63, 3.8) is 0 Å². The van der Waals surface area contributed by atoms with E-state index in [-0.39, 0.29) is 0 Å². The zero-order chi connectivity index (χ0) is 14.8. The lowest BCUT2D eigenvalue weighted by atomic mass is 9.79. The molecule has 2 unspecified atom stereocenters. The van der Waals surface area contributed by atoms with Gasteiger partial charge in [-0.05, 0) is 44.5 Å². The summed E-state index contributed by atoms with van der Waals surface area (Å²) in [6.45, 7) is 6.56. The van der Waals surface area contributed by atoms with E-state index >= 15 is 0 Å². The summed E-state index contributed by atoms with van der Waals surface area (Å²) in [6.07, 6.45) is 5.19. The van der Waals surface area contributed by atoms with Gasteiger partial charge in [0.1, 0.15) is 0 Å². The Bertz CT molecular complexity index is 606. The lowest BCUT2D eigenvalue weighted by molar-refractivity contribution is 0.381.